The van der Waals surface area contributed by atoms with Gasteiger partial charge in [0.15, 0.2) is 11.5 Å². The predicted octanol–water partition coefficient (Wildman–Crippen LogP) is 4.19. The molecule has 4 aromatic rings. The number of carbonyl (C=O) groups is 2. The molecule has 0 saturated heterocycles. The summed E-state index contributed by atoms with van der Waals surface area (Å²) in [7, 11) is 4.62. The average Bonchev–Trinajstić information content (AvgIpc) is 3.45. The van der Waals surface area contributed by atoms with E-state index in [9.17, 15) is 14.0 Å². The minimum Gasteiger partial charge on any atom is -0.497 e. The van der Waals surface area contributed by atoms with Gasteiger partial charge in [-0.25, -0.2) is 4.39 Å². The number of ether oxygens (including phenoxy) is 3. The normalized spacial score (nSPS) is 11.9. The molecule has 4 rings (SSSR count). The number of aromatic nitrogens is 4. The monoisotopic (exact) mass is 590 g/mol. The van der Waals surface area contributed by atoms with Crippen LogP contribution in [0.15, 0.2) is 66.7 Å². The largest absolute Gasteiger partial charge is 0.497 e. The zero-order valence-electron chi connectivity index (χ0n) is 25.0. The smallest absolute Gasteiger partial charge is 0.247 e. The Balaban J connectivity index is 1.70. The molecule has 1 atom stereocenters. The molecule has 1 heterocycles. The van der Waals surface area contributed by atoms with Gasteiger partial charge in [-0.3, -0.25) is 9.59 Å². The Morgan fingerprint density at radius 2 is 1.60 bits per heavy atom. The molecule has 226 valence electrons. The topological polar surface area (TPSA) is 121 Å². The molecule has 0 aliphatic rings. The highest BCUT2D eigenvalue weighted by Crippen LogP contribution is 2.31. The zero-order chi connectivity index (χ0) is 31.1. The molecule has 0 aliphatic heterocycles. The van der Waals surface area contributed by atoms with Gasteiger partial charge in [-0.2, -0.15) is 4.80 Å². The highest BCUT2D eigenvalue weighted by molar-refractivity contribution is 5.89. The van der Waals surface area contributed by atoms with Crippen LogP contribution in [-0.4, -0.2) is 63.8 Å². The van der Waals surface area contributed by atoms with Gasteiger partial charge in [0.2, 0.25) is 17.6 Å². The summed E-state index contributed by atoms with van der Waals surface area (Å²) in [5, 5.41) is 15.5. The number of nitrogens with one attached hydrogen (secondary N) is 1. The van der Waals surface area contributed by atoms with Crippen molar-refractivity contribution < 1.29 is 28.2 Å². The lowest BCUT2D eigenvalue weighted by molar-refractivity contribution is -0.143. The molecule has 1 aromatic heterocycles. The first-order valence-electron chi connectivity index (χ1n) is 13.5. The Hall–Kier alpha value is -5.00. The highest BCUT2D eigenvalue weighted by Gasteiger charge is 2.34. The van der Waals surface area contributed by atoms with E-state index in [-0.39, 0.29) is 18.9 Å². The fourth-order valence-corrected chi connectivity index (χ4v) is 4.42. The van der Waals surface area contributed by atoms with Crippen molar-refractivity contribution in [2.75, 3.05) is 21.3 Å². The number of tetrazole rings is 1. The number of benzene rings is 3. The quantitative estimate of drug-likeness (QED) is 0.276. The number of nitrogens with zero attached hydrogens (tertiary/aromatic N) is 5. The van der Waals surface area contributed by atoms with E-state index in [1.807, 2.05) is 32.9 Å². The molecule has 12 heteroatoms. The number of amides is 2. The van der Waals surface area contributed by atoms with Gasteiger partial charge in [-0.15, -0.1) is 10.2 Å². The Bertz CT molecular complexity index is 1550. The van der Waals surface area contributed by atoms with E-state index in [1.165, 1.54) is 48.2 Å². The molecule has 3 aromatic carbocycles. The molecular weight excluding hydrogens is 555 g/mol. The number of methoxy groups -OCH3 is 3. The van der Waals surface area contributed by atoms with E-state index in [0.29, 0.717) is 28.4 Å². The standard InChI is InChI=1S/C31H35FN6O5/c1-31(2,3)33-30(40)28(21-9-12-23(32)13-10-21)37(18-20-7-14-24(41-4)15-8-20)27(39)19-38-35-29(34-36-38)22-11-16-25(42-5)26(17-22)43-6/h7-17,28H,18-19H2,1-6H3,(H,33,40)/t28-/m1/s1. The van der Waals surface area contributed by atoms with Crippen LogP contribution in [0.4, 0.5) is 4.39 Å². The first-order valence-corrected chi connectivity index (χ1v) is 13.5. The maximum absolute atomic E-state index is 14.0. The Labute approximate surface area is 249 Å². The SMILES string of the molecule is COc1ccc(CN(C(=O)Cn2nnc(-c3ccc(OC)c(OC)c3)n2)[C@@H](C(=O)NC(C)(C)C)c2ccc(F)cc2)cc1. The van der Waals surface area contributed by atoms with Gasteiger partial charge in [0.25, 0.3) is 0 Å². The summed E-state index contributed by atoms with van der Waals surface area (Å²) in [6.45, 7) is 5.29. The second-order valence-electron chi connectivity index (χ2n) is 10.8. The second kappa shape index (κ2) is 13.3. The van der Waals surface area contributed by atoms with Gasteiger partial charge in [0.1, 0.15) is 24.2 Å². The molecule has 0 unspecified atom stereocenters. The minimum absolute atomic E-state index is 0.0691. The van der Waals surface area contributed by atoms with Crippen molar-refractivity contribution in [2.24, 2.45) is 0 Å². The summed E-state index contributed by atoms with van der Waals surface area (Å²) >= 11 is 0. The fourth-order valence-electron chi connectivity index (χ4n) is 4.42. The maximum atomic E-state index is 14.0. The average molecular weight is 591 g/mol. The van der Waals surface area contributed by atoms with Crippen LogP contribution in [0, 0.1) is 5.82 Å². The van der Waals surface area contributed by atoms with Gasteiger partial charge < -0.3 is 24.4 Å². The van der Waals surface area contributed by atoms with E-state index in [4.69, 9.17) is 14.2 Å². The van der Waals surface area contributed by atoms with Crippen molar-refractivity contribution in [3.8, 4) is 28.6 Å². The maximum Gasteiger partial charge on any atom is 0.247 e. The lowest BCUT2D eigenvalue weighted by Crippen LogP contribution is -2.49. The highest BCUT2D eigenvalue weighted by atomic mass is 19.1. The van der Waals surface area contributed by atoms with Crippen molar-refractivity contribution in [3.63, 3.8) is 0 Å². The summed E-state index contributed by atoms with van der Waals surface area (Å²) in [5.41, 5.74) is 1.22. The Morgan fingerprint density at radius 3 is 2.21 bits per heavy atom. The van der Waals surface area contributed by atoms with Crippen molar-refractivity contribution >= 4 is 11.8 Å². The minimum atomic E-state index is -1.08. The van der Waals surface area contributed by atoms with Crippen LogP contribution in [0.3, 0.4) is 0 Å². The van der Waals surface area contributed by atoms with Crippen LogP contribution in [0.1, 0.15) is 37.9 Å². The van der Waals surface area contributed by atoms with E-state index < -0.39 is 29.2 Å². The second-order valence-corrected chi connectivity index (χ2v) is 10.8. The van der Waals surface area contributed by atoms with E-state index in [0.717, 1.165) is 5.56 Å². The van der Waals surface area contributed by atoms with Crippen LogP contribution < -0.4 is 19.5 Å². The Kier molecular flexibility index (Phi) is 9.59. The summed E-state index contributed by atoms with van der Waals surface area (Å²) < 4.78 is 29.8. The zero-order valence-corrected chi connectivity index (χ0v) is 25.0. The lowest BCUT2D eigenvalue weighted by atomic mass is 10.0. The number of halogens is 1. The van der Waals surface area contributed by atoms with Gasteiger partial charge >= 0.3 is 0 Å². The van der Waals surface area contributed by atoms with Crippen molar-refractivity contribution in [3.05, 3.63) is 83.7 Å². The summed E-state index contributed by atoms with van der Waals surface area (Å²) in [6, 6.07) is 16.8. The van der Waals surface area contributed by atoms with Crippen LogP contribution in [0.25, 0.3) is 11.4 Å². The van der Waals surface area contributed by atoms with Crippen molar-refractivity contribution in [1.29, 1.82) is 0 Å². The van der Waals surface area contributed by atoms with E-state index >= 15 is 0 Å². The molecule has 43 heavy (non-hydrogen) atoms. The molecule has 2 amide bonds. The molecule has 0 saturated carbocycles. The number of carbonyl (C=O) groups excluding carboxylic acids is 2. The van der Waals surface area contributed by atoms with Gasteiger partial charge in [0, 0.05) is 17.6 Å². The summed E-state index contributed by atoms with van der Waals surface area (Å²) in [6.07, 6.45) is 0. The first-order chi connectivity index (χ1) is 20.5. The van der Waals surface area contributed by atoms with Crippen molar-refractivity contribution in [1.82, 2.24) is 30.4 Å². The molecule has 11 nitrogen and oxygen atoms in total. The number of rotatable bonds is 11. The van der Waals surface area contributed by atoms with Gasteiger partial charge in [0.05, 0.1) is 21.3 Å². The molecule has 0 fully saturated rings. The first kappa shape index (κ1) is 30.9. The molecule has 0 radical (unpaired) electrons. The summed E-state index contributed by atoms with van der Waals surface area (Å²) in [5.74, 6) is 0.631. The fraction of sp³-hybridized carbons (Fsp3) is 0.323. The third kappa shape index (κ3) is 7.85. The lowest BCUT2D eigenvalue weighted by Gasteiger charge is -2.33. The van der Waals surface area contributed by atoms with E-state index in [2.05, 4.69) is 20.7 Å². The predicted molar refractivity (Wildman–Crippen MR) is 157 cm³/mol. The molecular formula is C31H35FN6O5. The molecule has 0 bridgehead atoms. The van der Waals surface area contributed by atoms with Crippen LogP contribution >= 0.6 is 0 Å². The number of hydrogen-bond acceptors (Lipinski definition) is 8. The number of hydrogen-bond donors (Lipinski definition) is 1. The summed E-state index contributed by atoms with van der Waals surface area (Å²) in [4.78, 5) is 30.3. The van der Waals surface area contributed by atoms with Crippen LogP contribution in [-0.2, 0) is 22.7 Å². The molecule has 0 aliphatic carbocycles. The van der Waals surface area contributed by atoms with Gasteiger partial charge in [-0.1, -0.05) is 24.3 Å². The Morgan fingerprint density at radius 1 is 0.930 bits per heavy atom. The molecule has 0 spiro atoms. The van der Waals surface area contributed by atoms with E-state index in [1.54, 1.807) is 37.4 Å². The third-order valence-electron chi connectivity index (χ3n) is 6.45. The van der Waals surface area contributed by atoms with Gasteiger partial charge in [-0.05, 0) is 79.6 Å². The van der Waals surface area contributed by atoms with Crippen LogP contribution in [0.2, 0.25) is 0 Å². The molecule has 1 N–H and O–H groups in total. The van der Waals surface area contributed by atoms with Crippen molar-refractivity contribution in [2.45, 2.75) is 45.4 Å². The van der Waals surface area contributed by atoms with Crippen LogP contribution in [0.5, 0.6) is 17.2 Å². The third-order valence-corrected chi connectivity index (χ3v) is 6.45.